The molecule has 2 aliphatic rings. The fraction of sp³-hybridized carbons (Fsp3) is 0.375. The standard InChI is InChI=1S/C24H27N5O/c1-28-26-22(18-6-3-2-4-7-18)23(27-28)24(30)25-20-11-10-17-12-14-29(21-8-5-9-21)15-13-19(17)16-20/h2-4,6-7,10-11,16,21H,5,8-9,12-15H2,1H3,(H,25,30). The lowest BCUT2D eigenvalue weighted by Gasteiger charge is -2.36. The van der Waals surface area contributed by atoms with Crippen molar-refractivity contribution >= 4 is 11.6 Å². The number of hydrogen-bond acceptors (Lipinski definition) is 4. The van der Waals surface area contributed by atoms with Crippen LogP contribution in [0.25, 0.3) is 11.3 Å². The summed E-state index contributed by atoms with van der Waals surface area (Å²) in [6.45, 7) is 2.25. The van der Waals surface area contributed by atoms with Gasteiger partial charge in [-0.3, -0.25) is 9.69 Å². The number of carbonyl (C=O) groups is 1. The maximum absolute atomic E-state index is 13.0. The molecule has 0 unspecified atom stereocenters. The number of aromatic nitrogens is 3. The van der Waals surface area contributed by atoms with Crippen molar-refractivity contribution in [2.75, 3.05) is 18.4 Å². The first kappa shape index (κ1) is 19.0. The molecule has 1 aromatic heterocycles. The third-order valence-electron chi connectivity index (χ3n) is 6.37. The van der Waals surface area contributed by atoms with Gasteiger partial charge in [0.2, 0.25) is 0 Å². The number of carbonyl (C=O) groups excluding carboxylic acids is 1. The SMILES string of the molecule is Cn1nc(C(=O)Nc2ccc3c(c2)CCN(C2CCC2)CC3)c(-c2ccccc2)n1. The van der Waals surface area contributed by atoms with Gasteiger partial charge in [-0.15, -0.1) is 5.10 Å². The first-order valence-corrected chi connectivity index (χ1v) is 10.8. The van der Waals surface area contributed by atoms with Crippen LogP contribution in [0.3, 0.4) is 0 Å². The smallest absolute Gasteiger partial charge is 0.278 e. The number of aryl methyl sites for hydroxylation is 1. The average Bonchev–Trinajstić information content (AvgIpc) is 3.00. The summed E-state index contributed by atoms with van der Waals surface area (Å²) in [5.41, 5.74) is 5.39. The molecule has 2 heterocycles. The molecule has 1 saturated carbocycles. The van der Waals surface area contributed by atoms with Crippen molar-refractivity contribution in [2.24, 2.45) is 7.05 Å². The van der Waals surface area contributed by atoms with Crippen molar-refractivity contribution in [1.29, 1.82) is 0 Å². The van der Waals surface area contributed by atoms with Gasteiger partial charge in [-0.1, -0.05) is 42.8 Å². The number of nitrogens with zero attached hydrogens (tertiary/aromatic N) is 4. The van der Waals surface area contributed by atoms with E-state index in [9.17, 15) is 4.79 Å². The molecule has 1 amide bonds. The van der Waals surface area contributed by atoms with Crippen LogP contribution >= 0.6 is 0 Å². The predicted octanol–water partition coefficient (Wildman–Crippen LogP) is 3.69. The minimum absolute atomic E-state index is 0.230. The first-order chi connectivity index (χ1) is 14.7. The fourth-order valence-electron chi connectivity index (χ4n) is 4.48. The maximum atomic E-state index is 13.0. The second-order valence-corrected chi connectivity index (χ2v) is 8.31. The Balaban J connectivity index is 1.34. The highest BCUT2D eigenvalue weighted by atomic mass is 16.2. The molecule has 0 saturated heterocycles. The van der Waals surface area contributed by atoms with E-state index in [4.69, 9.17) is 0 Å². The molecule has 3 aromatic rings. The third kappa shape index (κ3) is 3.75. The minimum Gasteiger partial charge on any atom is -0.321 e. The van der Waals surface area contributed by atoms with Crippen molar-refractivity contribution in [3.63, 3.8) is 0 Å². The zero-order valence-electron chi connectivity index (χ0n) is 17.3. The molecule has 0 bridgehead atoms. The van der Waals surface area contributed by atoms with Crippen LogP contribution in [0.2, 0.25) is 0 Å². The highest BCUT2D eigenvalue weighted by molar-refractivity contribution is 6.06. The van der Waals surface area contributed by atoms with Crippen LogP contribution in [-0.2, 0) is 19.9 Å². The predicted molar refractivity (Wildman–Crippen MR) is 117 cm³/mol. The molecule has 1 aliphatic carbocycles. The van der Waals surface area contributed by atoms with Crippen molar-refractivity contribution in [2.45, 2.75) is 38.1 Å². The highest BCUT2D eigenvalue weighted by Crippen LogP contribution is 2.28. The number of nitrogens with one attached hydrogen (secondary N) is 1. The maximum Gasteiger partial charge on any atom is 0.278 e. The van der Waals surface area contributed by atoms with E-state index < -0.39 is 0 Å². The molecule has 154 valence electrons. The molecule has 0 spiro atoms. The molecular weight excluding hydrogens is 374 g/mol. The van der Waals surface area contributed by atoms with E-state index in [0.29, 0.717) is 11.4 Å². The number of hydrogen-bond donors (Lipinski definition) is 1. The summed E-state index contributed by atoms with van der Waals surface area (Å²) in [5.74, 6) is -0.230. The van der Waals surface area contributed by atoms with E-state index in [0.717, 1.165) is 43.2 Å². The Bertz CT molecular complexity index is 1050. The molecule has 1 aliphatic heterocycles. The van der Waals surface area contributed by atoms with Crippen LogP contribution in [0, 0.1) is 0 Å². The van der Waals surface area contributed by atoms with Crippen LogP contribution in [-0.4, -0.2) is 44.9 Å². The number of amides is 1. The summed E-state index contributed by atoms with van der Waals surface area (Å²) >= 11 is 0. The lowest BCUT2D eigenvalue weighted by molar-refractivity contribution is 0.102. The normalized spacial score (nSPS) is 17.1. The fourth-order valence-corrected chi connectivity index (χ4v) is 4.48. The van der Waals surface area contributed by atoms with Gasteiger partial charge in [-0.05, 0) is 48.9 Å². The topological polar surface area (TPSA) is 63.1 Å². The van der Waals surface area contributed by atoms with Gasteiger partial charge in [0.05, 0.1) is 0 Å². The quantitative estimate of drug-likeness (QED) is 0.724. The lowest BCUT2D eigenvalue weighted by Crippen LogP contribution is -2.41. The Morgan fingerprint density at radius 2 is 1.77 bits per heavy atom. The van der Waals surface area contributed by atoms with E-state index in [1.807, 2.05) is 36.4 Å². The summed E-state index contributed by atoms with van der Waals surface area (Å²) in [4.78, 5) is 17.1. The largest absolute Gasteiger partial charge is 0.321 e. The van der Waals surface area contributed by atoms with Gasteiger partial charge < -0.3 is 5.32 Å². The zero-order chi connectivity index (χ0) is 20.5. The minimum atomic E-state index is -0.230. The van der Waals surface area contributed by atoms with Gasteiger partial charge in [0.1, 0.15) is 5.69 Å². The molecule has 2 aromatic carbocycles. The average molecular weight is 402 g/mol. The second-order valence-electron chi connectivity index (χ2n) is 8.31. The Hall–Kier alpha value is -2.99. The van der Waals surface area contributed by atoms with Crippen LogP contribution in [0.1, 0.15) is 40.9 Å². The number of fused-ring (bicyclic) bond motifs is 1. The Labute approximate surface area is 176 Å². The number of rotatable bonds is 4. The van der Waals surface area contributed by atoms with Gasteiger partial charge in [-0.25, -0.2) is 0 Å². The molecule has 0 radical (unpaired) electrons. The Kier molecular flexibility index (Phi) is 5.09. The van der Waals surface area contributed by atoms with Gasteiger partial charge in [0, 0.05) is 37.4 Å². The van der Waals surface area contributed by atoms with Crippen molar-refractivity contribution in [1.82, 2.24) is 19.9 Å². The van der Waals surface area contributed by atoms with Crippen molar-refractivity contribution in [3.8, 4) is 11.3 Å². The molecule has 6 nitrogen and oxygen atoms in total. The molecule has 0 atom stereocenters. The van der Waals surface area contributed by atoms with Gasteiger partial charge in [0.25, 0.3) is 5.91 Å². The monoisotopic (exact) mass is 401 g/mol. The summed E-state index contributed by atoms with van der Waals surface area (Å²) < 4.78 is 0. The summed E-state index contributed by atoms with van der Waals surface area (Å²) in [6, 6.07) is 16.8. The van der Waals surface area contributed by atoms with E-state index in [1.165, 1.54) is 35.2 Å². The highest BCUT2D eigenvalue weighted by Gasteiger charge is 2.26. The zero-order valence-corrected chi connectivity index (χ0v) is 17.3. The van der Waals surface area contributed by atoms with Crippen molar-refractivity contribution in [3.05, 3.63) is 65.4 Å². The van der Waals surface area contributed by atoms with E-state index in [1.54, 1.807) is 7.05 Å². The molecule has 6 heteroatoms. The van der Waals surface area contributed by atoms with E-state index in [2.05, 4.69) is 32.5 Å². The van der Waals surface area contributed by atoms with Crippen LogP contribution in [0.4, 0.5) is 5.69 Å². The molecule has 1 N–H and O–H groups in total. The molecule has 5 rings (SSSR count). The Morgan fingerprint density at radius 3 is 2.50 bits per heavy atom. The second kappa shape index (κ2) is 8.03. The number of anilines is 1. The van der Waals surface area contributed by atoms with E-state index in [-0.39, 0.29) is 5.91 Å². The van der Waals surface area contributed by atoms with Gasteiger partial charge >= 0.3 is 0 Å². The summed E-state index contributed by atoms with van der Waals surface area (Å²) in [7, 11) is 1.74. The number of benzene rings is 2. The molecule has 1 fully saturated rings. The first-order valence-electron chi connectivity index (χ1n) is 10.8. The summed E-state index contributed by atoms with van der Waals surface area (Å²) in [5, 5.41) is 11.8. The van der Waals surface area contributed by atoms with Crippen LogP contribution in [0.5, 0.6) is 0 Å². The van der Waals surface area contributed by atoms with Crippen molar-refractivity contribution < 1.29 is 4.79 Å². The lowest BCUT2D eigenvalue weighted by atomic mass is 9.91. The summed E-state index contributed by atoms with van der Waals surface area (Å²) in [6.07, 6.45) is 6.19. The van der Waals surface area contributed by atoms with Gasteiger partial charge in [0.15, 0.2) is 5.69 Å². The van der Waals surface area contributed by atoms with Crippen LogP contribution < -0.4 is 5.32 Å². The Morgan fingerprint density at radius 1 is 1.00 bits per heavy atom. The third-order valence-corrected chi connectivity index (χ3v) is 6.37. The van der Waals surface area contributed by atoms with Crippen LogP contribution in [0.15, 0.2) is 48.5 Å². The molecular formula is C24H27N5O. The van der Waals surface area contributed by atoms with E-state index >= 15 is 0 Å². The van der Waals surface area contributed by atoms with Gasteiger partial charge in [-0.2, -0.15) is 9.90 Å². The molecule has 30 heavy (non-hydrogen) atoms.